The van der Waals surface area contributed by atoms with Crippen molar-refractivity contribution in [2.45, 2.75) is 11.8 Å². The number of nitrogens with one attached hydrogen (secondary N) is 2. The van der Waals surface area contributed by atoms with Crippen molar-refractivity contribution in [2.75, 3.05) is 17.7 Å². The summed E-state index contributed by atoms with van der Waals surface area (Å²) in [4.78, 5) is 23.7. The molecule has 0 radical (unpaired) electrons. The number of rotatable bonds is 8. The van der Waals surface area contributed by atoms with Crippen LogP contribution in [0.25, 0.3) is 6.08 Å². The number of hydrogen-bond acceptors (Lipinski definition) is 7. The zero-order chi connectivity index (χ0) is 28.0. The molecule has 13 heteroatoms. The molecular formula is C25H18BrCl2N3O6S. The second kappa shape index (κ2) is 12.3. The highest BCUT2D eigenvalue weighted by molar-refractivity contribution is 9.10. The minimum absolute atomic E-state index is 0.0136. The maximum Gasteiger partial charge on any atom is 0.339 e. The largest absolute Gasteiger partial charge is 0.493 e. The molecule has 0 aliphatic heterocycles. The fraction of sp³-hybridized carbons (Fsp3) is 0.0800. The van der Waals surface area contributed by atoms with Crippen molar-refractivity contribution in [3.8, 4) is 17.6 Å². The van der Waals surface area contributed by atoms with E-state index in [0.29, 0.717) is 16.3 Å². The van der Waals surface area contributed by atoms with Gasteiger partial charge in [-0.05, 0) is 82.2 Å². The lowest BCUT2D eigenvalue weighted by Crippen LogP contribution is -2.14. The van der Waals surface area contributed by atoms with E-state index < -0.39 is 16.0 Å². The molecule has 2 N–H and O–H groups in total. The molecule has 0 heterocycles. The Kier molecular flexibility index (Phi) is 9.40. The first-order chi connectivity index (χ1) is 17.9. The minimum atomic E-state index is -4.29. The zero-order valence-corrected chi connectivity index (χ0v) is 23.6. The fourth-order valence-electron chi connectivity index (χ4n) is 3.07. The Hall–Kier alpha value is -3.56. The van der Waals surface area contributed by atoms with Gasteiger partial charge in [0.25, 0.3) is 5.91 Å². The van der Waals surface area contributed by atoms with Gasteiger partial charge in [-0.15, -0.1) is 0 Å². The molecule has 9 nitrogen and oxygen atoms in total. The van der Waals surface area contributed by atoms with Crippen molar-refractivity contribution in [2.24, 2.45) is 0 Å². The van der Waals surface area contributed by atoms with Crippen molar-refractivity contribution < 1.29 is 26.9 Å². The van der Waals surface area contributed by atoms with E-state index in [4.69, 9.17) is 32.1 Å². The van der Waals surface area contributed by atoms with Gasteiger partial charge in [-0.1, -0.05) is 23.2 Å². The van der Waals surface area contributed by atoms with Gasteiger partial charge in [0.1, 0.15) is 16.5 Å². The number of hydrogen-bond donors (Lipinski definition) is 2. The van der Waals surface area contributed by atoms with Crippen molar-refractivity contribution in [3.05, 3.63) is 80.3 Å². The van der Waals surface area contributed by atoms with Gasteiger partial charge in [0.2, 0.25) is 5.91 Å². The average Bonchev–Trinajstić information content (AvgIpc) is 2.86. The lowest BCUT2D eigenvalue weighted by atomic mass is 10.1. The van der Waals surface area contributed by atoms with E-state index in [-0.39, 0.29) is 43.1 Å². The number of methoxy groups -OCH3 is 1. The third-order valence-electron chi connectivity index (χ3n) is 4.76. The molecule has 0 spiro atoms. The van der Waals surface area contributed by atoms with Crippen LogP contribution in [0.15, 0.2) is 69.5 Å². The van der Waals surface area contributed by atoms with Crippen molar-refractivity contribution in [3.63, 3.8) is 0 Å². The van der Waals surface area contributed by atoms with Crippen LogP contribution in [0.5, 0.6) is 11.5 Å². The van der Waals surface area contributed by atoms with Gasteiger partial charge in [0, 0.05) is 17.6 Å². The summed E-state index contributed by atoms with van der Waals surface area (Å²) in [6, 6.07) is 14.6. The van der Waals surface area contributed by atoms with Gasteiger partial charge >= 0.3 is 10.1 Å². The van der Waals surface area contributed by atoms with E-state index in [9.17, 15) is 23.3 Å². The highest BCUT2D eigenvalue weighted by atomic mass is 79.9. The quantitative estimate of drug-likeness (QED) is 0.175. The number of anilines is 2. The van der Waals surface area contributed by atoms with Gasteiger partial charge in [-0.25, -0.2) is 0 Å². The Bertz CT molecular complexity index is 1590. The van der Waals surface area contributed by atoms with E-state index in [0.717, 1.165) is 0 Å². The molecule has 3 aromatic rings. The first kappa shape index (κ1) is 29.0. The number of benzene rings is 3. The lowest BCUT2D eigenvalue weighted by Gasteiger charge is -2.14. The van der Waals surface area contributed by atoms with E-state index >= 15 is 0 Å². The summed E-state index contributed by atoms with van der Waals surface area (Å²) in [5, 5.41) is 15.2. The summed E-state index contributed by atoms with van der Waals surface area (Å²) in [5.74, 6) is -1.17. The number of ether oxygens (including phenoxy) is 1. The molecule has 196 valence electrons. The maximum atomic E-state index is 12.9. The summed E-state index contributed by atoms with van der Waals surface area (Å²) in [7, 11) is -2.99. The Morgan fingerprint density at radius 1 is 1.05 bits per heavy atom. The van der Waals surface area contributed by atoms with Crippen LogP contribution >= 0.6 is 39.1 Å². The monoisotopic (exact) mass is 637 g/mol. The first-order valence-electron chi connectivity index (χ1n) is 10.5. The highest BCUT2D eigenvalue weighted by Crippen LogP contribution is 2.39. The van der Waals surface area contributed by atoms with Crippen LogP contribution in [-0.4, -0.2) is 27.3 Å². The van der Waals surface area contributed by atoms with Gasteiger partial charge in [0.15, 0.2) is 11.5 Å². The zero-order valence-electron chi connectivity index (χ0n) is 19.7. The summed E-state index contributed by atoms with van der Waals surface area (Å²) in [6.45, 7) is 1.33. The molecule has 0 saturated carbocycles. The molecule has 0 atom stereocenters. The molecular weight excluding hydrogens is 621 g/mol. The SMILES string of the molecule is COc1cc(/C=C(\C#N)C(=O)Nc2cc(Cl)ccc2Cl)cc(Br)c1OS(=O)(=O)c1ccc(NC(C)=O)cc1. The topological polar surface area (TPSA) is 135 Å². The minimum Gasteiger partial charge on any atom is -0.493 e. The van der Waals surface area contributed by atoms with E-state index in [1.54, 1.807) is 6.07 Å². The average molecular weight is 639 g/mol. The van der Waals surface area contributed by atoms with E-state index in [1.807, 2.05) is 6.07 Å². The van der Waals surface area contributed by atoms with Gasteiger partial charge in [-0.2, -0.15) is 13.7 Å². The van der Waals surface area contributed by atoms with Crippen molar-refractivity contribution in [1.29, 1.82) is 5.26 Å². The molecule has 0 saturated heterocycles. The summed E-state index contributed by atoms with van der Waals surface area (Å²) >= 11 is 15.3. The van der Waals surface area contributed by atoms with Crippen LogP contribution in [0.4, 0.5) is 11.4 Å². The molecule has 0 fully saturated rings. The number of carbonyl (C=O) groups is 2. The van der Waals surface area contributed by atoms with Crippen molar-refractivity contribution in [1.82, 2.24) is 0 Å². The van der Waals surface area contributed by atoms with Crippen LogP contribution in [0.3, 0.4) is 0 Å². The van der Waals surface area contributed by atoms with Gasteiger partial charge in [0.05, 0.1) is 22.3 Å². The fourth-order valence-corrected chi connectivity index (χ4v) is 5.01. The normalized spacial score (nSPS) is 11.3. The van der Waals surface area contributed by atoms with Crippen LogP contribution in [0.2, 0.25) is 10.0 Å². The second-order valence-electron chi connectivity index (χ2n) is 7.53. The molecule has 0 unspecified atom stereocenters. The van der Waals surface area contributed by atoms with Crippen molar-refractivity contribution >= 4 is 78.5 Å². The Morgan fingerprint density at radius 2 is 1.74 bits per heavy atom. The Labute approximate surface area is 237 Å². The van der Waals surface area contributed by atoms with E-state index in [2.05, 4.69) is 26.6 Å². The molecule has 0 aliphatic rings. The van der Waals surface area contributed by atoms with Crippen LogP contribution in [-0.2, 0) is 19.7 Å². The Balaban J connectivity index is 1.89. The second-order valence-corrected chi connectivity index (χ2v) is 10.8. The molecule has 0 aliphatic carbocycles. The number of halogens is 3. The standard InChI is InChI=1S/C25H18BrCl2N3O6S/c1-14(32)30-18-4-6-19(7-5-18)38(34,35)37-24-20(26)10-15(11-23(24)36-2)9-16(13-29)25(33)31-22-12-17(27)3-8-21(22)28/h3-12H,1-2H3,(H,30,32)(H,31,33)/b16-9+. The smallest absolute Gasteiger partial charge is 0.339 e. The summed E-state index contributed by atoms with van der Waals surface area (Å²) in [6.07, 6.45) is 1.28. The molecule has 3 rings (SSSR count). The lowest BCUT2D eigenvalue weighted by molar-refractivity contribution is -0.114. The third-order valence-corrected chi connectivity index (χ3v) is 7.15. The predicted molar refractivity (Wildman–Crippen MR) is 148 cm³/mol. The molecule has 0 bridgehead atoms. The van der Waals surface area contributed by atoms with Gasteiger partial charge in [-0.3, -0.25) is 9.59 Å². The van der Waals surface area contributed by atoms with Crippen LogP contribution < -0.4 is 19.6 Å². The Morgan fingerprint density at radius 3 is 2.34 bits per heavy atom. The first-order valence-corrected chi connectivity index (χ1v) is 13.5. The molecule has 0 aromatic heterocycles. The maximum absolute atomic E-state index is 12.9. The van der Waals surface area contributed by atoms with Crippen LogP contribution in [0, 0.1) is 11.3 Å². The van der Waals surface area contributed by atoms with E-state index in [1.165, 1.54) is 68.6 Å². The molecule has 3 aromatic carbocycles. The molecule has 38 heavy (non-hydrogen) atoms. The number of nitriles is 1. The molecule has 2 amide bonds. The highest BCUT2D eigenvalue weighted by Gasteiger charge is 2.22. The summed E-state index contributed by atoms with van der Waals surface area (Å²) < 4.78 is 36.5. The predicted octanol–water partition coefficient (Wildman–Crippen LogP) is 6.04. The number of nitrogens with zero attached hydrogens (tertiary/aromatic N) is 1. The third kappa shape index (κ3) is 7.26. The van der Waals surface area contributed by atoms with Gasteiger partial charge < -0.3 is 19.6 Å². The summed E-state index contributed by atoms with van der Waals surface area (Å²) in [5.41, 5.74) is 0.710. The number of carbonyl (C=O) groups excluding carboxylic acids is 2. The van der Waals surface area contributed by atoms with Crippen LogP contribution in [0.1, 0.15) is 12.5 Å². The number of amides is 2.